The van der Waals surface area contributed by atoms with Crippen molar-refractivity contribution in [2.45, 2.75) is 52.4 Å². The number of ketones is 1. The maximum absolute atomic E-state index is 12.4. The summed E-state index contributed by atoms with van der Waals surface area (Å²) in [6.45, 7) is 6.33. The summed E-state index contributed by atoms with van der Waals surface area (Å²) < 4.78 is 10.7. The molecule has 0 bridgehead atoms. The molecule has 0 radical (unpaired) electrons. The second-order valence-electron chi connectivity index (χ2n) is 7.52. The third-order valence-electron chi connectivity index (χ3n) is 4.13. The van der Waals surface area contributed by atoms with E-state index in [2.05, 4.69) is 10.6 Å². The molecule has 0 saturated carbocycles. The fourth-order valence-corrected chi connectivity index (χ4v) is 3.17. The number of amides is 2. The Morgan fingerprint density at radius 3 is 2.34 bits per heavy atom. The smallest absolute Gasteiger partial charge is 0.364 e. The molecular formula is C18H28N2O8S. The van der Waals surface area contributed by atoms with Gasteiger partial charge in [-0.15, -0.1) is 0 Å². The van der Waals surface area contributed by atoms with Crippen LogP contribution in [0.3, 0.4) is 0 Å². The summed E-state index contributed by atoms with van der Waals surface area (Å²) in [5.74, 6) is -3.93. The molecule has 1 aliphatic rings. The number of nitrogens with one attached hydrogen (secondary N) is 2. The van der Waals surface area contributed by atoms with Gasteiger partial charge in [0.15, 0.2) is 5.12 Å². The summed E-state index contributed by atoms with van der Waals surface area (Å²) in [6.07, 6.45) is -1.17. The normalized spacial score (nSPS) is 23.1. The summed E-state index contributed by atoms with van der Waals surface area (Å²) in [7, 11) is 0. The number of Topliss-reactive ketones (excluding diaryl/α,β-unsaturated/α-hetero) is 1. The highest BCUT2D eigenvalue weighted by molar-refractivity contribution is 8.13. The first-order valence-electron chi connectivity index (χ1n) is 9.12. The maximum Gasteiger partial charge on any atom is 0.364 e. The van der Waals surface area contributed by atoms with Crippen LogP contribution in [0.15, 0.2) is 0 Å². The Hall–Kier alpha value is -1.98. The van der Waals surface area contributed by atoms with Crippen LogP contribution in [0.5, 0.6) is 0 Å². The van der Waals surface area contributed by atoms with Gasteiger partial charge in [-0.25, -0.2) is 4.79 Å². The number of thioether (sulfide) groups is 1. The van der Waals surface area contributed by atoms with Gasteiger partial charge in [0.05, 0.1) is 13.0 Å². The first-order valence-corrected chi connectivity index (χ1v) is 10.1. The van der Waals surface area contributed by atoms with Crippen molar-refractivity contribution in [1.82, 2.24) is 10.6 Å². The number of hydrogen-bond donors (Lipinski definition) is 3. The molecule has 0 aromatic heterocycles. The minimum atomic E-state index is -1.91. The van der Waals surface area contributed by atoms with E-state index in [-0.39, 0.29) is 49.3 Å². The van der Waals surface area contributed by atoms with Crippen molar-refractivity contribution < 1.29 is 38.6 Å². The molecule has 1 saturated heterocycles. The molecule has 10 nitrogen and oxygen atoms in total. The van der Waals surface area contributed by atoms with Crippen molar-refractivity contribution in [2.24, 2.45) is 5.41 Å². The summed E-state index contributed by atoms with van der Waals surface area (Å²) in [6, 6.07) is 0. The fourth-order valence-electron chi connectivity index (χ4n) is 2.43. The van der Waals surface area contributed by atoms with Gasteiger partial charge in [-0.2, -0.15) is 0 Å². The number of aliphatic carboxylic acids is 1. The van der Waals surface area contributed by atoms with E-state index < -0.39 is 29.2 Å². The highest BCUT2D eigenvalue weighted by atomic mass is 32.2. The second kappa shape index (κ2) is 10.7. The van der Waals surface area contributed by atoms with E-state index in [1.165, 1.54) is 13.8 Å². The minimum absolute atomic E-state index is 0.0116. The fraction of sp³-hybridized carbons (Fsp3) is 0.722. The lowest BCUT2D eigenvalue weighted by molar-refractivity contribution is -0.304. The van der Waals surface area contributed by atoms with Crippen LogP contribution < -0.4 is 10.6 Å². The van der Waals surface area contributed by atoms with E-state index >= 15 is 0 Å². The van der Waals surface area contributed by atoms with Crippen molar-refractivity contribution in [2.75, 3.05) is 25.4 Å². The predicted molar refractivity (Wildman–Crippen MR) is 104 cm³/mol. The Morgan fingerprint density at radius 2 is 1.76 bits per heavy atom. The van der Waals surface area contributed by atoms with Crippen molar-refractivity contribution in [3.8, 4) is 0 Å². The molecule has 11 heteroatoms. The highest BCUT2D eigenvalue weighted by Gasteiger charge is 2.51. The van der Waals surface area contributed by atoms with Gasteiger partial charge in [-0.3, -0.25) is 19.2 Å². The number of hydrogen-bond acceptors (Lipinski definition) is 8. The van der Waals surface area contributed by atoms with Crippen LogP contribution in [0.25, 0.3) is 0 Å². The van der Waals surface area contributed by atoms with Gasteiger partial charge in [0.2, 0.25) is 11.8 Å². The molecule has 0 aromatic rings. The third-order valence-corrected chi connectivity index (χ3v) is 5.01. The van der Waals surface area contributed by atoms with E-state index in [4.69, 9.17) is 9.47 Å². The molecule has 3 N–H and O–H groups in total. The molecule has 1 heterocycles. The monoisotopic (exact) mass is 432 g/mol. The van der Waals surface area contributed by atoms with Crippen LogP contribution in [-0.4, -0.2) is 71.1 Å². The Balaban J connectivity index is 2.36. The van der Waals surface area contributed by atoms with E-state index in [0.29, 0.717) is 5.75 Å². The molecule has 1 aliphatic heterocycles. The topological polar surface area (TPSA) is 148 Å². The zero-order valence-electron chi connectivity index (χ0n) is 17.0. The number of carbonyl (C=O) groups excluding carboxylic acids is 4. The largest absolute Gasteiger partial charge is 0.477 e. The number of ether oxygens (including phenoxy) is 2. The Labute approximate surface area is 173 Å². The van der Waals surface area contributed by atoms with Crippen molar-refractivity contribution >= 4 is 40.4 Å². The SMILES string of the molecule is CC(=O)CC(=O)SCCNC(=O)CCNC(=O)[C@@H]1OC(C)(C(=O)O)OCC1(C)C. The first-order chi connectivity index (χ1) is 13.4. The molecule has 0 aliphatic carbocycles. The minimum Gasteiger partial charge on any atom is -0.477 e. The van der Waals surface area contributed by atoms with Gasteiger partial charge in [-0.05, 0) is 6.92 Å². The molecule has 2 atom stereocenters. The van der Waals surface area contributed by atoms with Gasteiger partial charge in [0.1, 0.15) is 11.9 Å². The van der Waals surface area contributed by atoms with Crippen molar-refractivity contribution in [3.63, 3.8) is 0 Å². The van der Waals surface area contributed by atoms with Crippen LogP contribution in [0.1, 0.15) is 40.5 Å². The first kappa shape index (κ1) is 25.1. The van der Waals surface area contributed by atoms with Gasteiger partial charge in [0, 0.05) is 37.6 Å². The van der Waals surface area contributed by atoms with Crippen LogP contribution in [-0.2, 0) is 33.4 Å². The number of rotatable bonds is 10. The summed E-state index contributed by atoms with van der Waals surface area (Å²) >= 11 is 0.976. The van der Waals surface area contributed by atoms with Gasteiger partial charge < -0.3 is 25.2 Å². The molecule has 1 rings (SSSR count). The van der Waals surface area contributed by atoms with E-state index in [9.17, 15) is 29.1 Å². The van der Waals surface area contributed by atoms with E-state index in [1.807, 2.05) is 0 Å². The average molecular weight is 432 g/mol. The molecule has 0 aromatic carbocycles. The molecular weight excluding hydrogens is 404 g/mol. The van der Waals surface area contributed by atoms with Crippen LogP contribution in [0.2, 0.25) is 0 Å². The molecule has 1 fully saturated rings. The number of carboxylic acids is 1. The Morgan fingerprint density at radius 1 is 1.10 bits per heavy atom. The molecule has 29 heavy (non-hydrogen) atoms. The number of carboxylic acid groups (broad SMARTS) is 1. The second-order valence-corrected chi connectivity index (χ2v) is 8.67. The lowest BCUT2D eigenvalue weighted by Gasteiger charge is -2.44. The van der Waals surface area contributed by atoms with Crippen molar-refractivity contribution in [1.29, 1.82) is 0 Å². The standard InChI is InChI=1S/C18H28N2O8S/c1-11(21)9-13(23)29-8-7-19-12(22)5-6-20-15(24)14-17(2,3)10-27-18(4,28-14)16(25)26/h14H,5-10H2,1-4H3,(H,19,22)(H,20,24)(H,25,26)/t14-,18?/m0/s1. The predicted octanol–water partition coefficient (Wildman–Crippen LogP) is 0.0902. The quantitative estimate of drug-likeness (QED) is 0.322. The lowest BCUT2D eigenvalue weighted by Crippen LogP contribution is -2.60. The van der Waals surface area contributed by atoms with Crippen LogP contribution in [0.4, 0.5) is 0 Å². The van der Waals surface area contributed by atoms with Gasteiger partial charge in [-0.1, -0.05) is 25.6 Å². The third kappa shape index (κ3) is 8.11. The zero-order valence-corrected chi connectivity index (χ0v) is 17.8. The molecule has 164 valence electrons. The molecule has 1 unspecified atom stereocenters. The molecule has 2 amide bonds. The van der Waals surface area contributed by atoms with Gasteiger partial charge >= 0.3 is 5.97 Å². The van der Waals surface area contributed by atoms with Crippen LogP contribution >= 0.6 is 11.8 Å². The van der Waals surface area contributed by atoms with E-state index in [0.717, 1.165) is 11.8 Å². The highest BCUT2D eigenvalue weighted by Crippen LogP contribution is 2.35. The lowest BCUT2D eigenvalue weighted by atomic mass is 9.85. The van der Waals surface area contributed by atoms with Gasteiger partial charge in [0.25, 0.3) is 5.79 Å². The summed E-state index contributed by atoms with van der Waals surface area (Å²) in [5.41, 5.74) is -0.745. The number of carbonyl (C=O) groups is 5. The summed E-state index contributed by atoms with van der Waals surface area (Å²) in [5, 5.41) is 14.2. The Bertz CT molecular complexity index is 666. The Kier molecular flexibility index (Phi) is 9.24. The van der Waals surface area contributed by atoms with E-state index in [1.54, 1.807) is 13.8 Å². The van der Waals surface area contributed by atoms with Crippen molar-refractivity contribution in [3.05, 3.63) is 0 Å². The zero-order chi connectivity index (χ0) is 22.2. The molecule has 0 spiro atoms. The van der Waals surface area contributed by atoms with Crippen LogP contribution in [0, 0.1) is 5.41 Å². The summed E-state index contributed by atoms with van der Waals surface area (Å²) in [4.78, 5) is 57.7. The average Bonchev–Trinajstić information content (AvgIpc) is 2.60. The maximum atomic E-state index is 12.4.